The fraction of sp³-hybridized carbons (Fsp3) is 0.224. The van der Waals surface area contributed by atoms with Crippen LogP contribution in [-0.2, 0) is 24.8 Å². The third-order valence-electron chi connectivity index (χ3n) is 24.3. The van der Waals surface area contributed by atoms with Crippen LogP contribution >= 0.6 is 63.7 Å². The van der Waals surface area contributed by atoms with Crippen LogP contribution in [0, 0.1) is 13.8 Å². The van der Waals surface area contributed by atoms with Crippen LogP contribution in [0.4, 0.5) is 0 Å². The van der Waals surface area contributed by atoms with E-state index in [9.17, 15) is 32.2 Å². The van der Waals surface area contributed by atoms with E-state index in [2.05, 4.69) is 162 Å². The quantitative estimate of drug-likeness (QED) is 0.0324. The molecule has 30 heteroatoms. The van der Waals surface area contributed by atoms with E-state index in [1.54, 1.807) is 129 Å². The summed E-state index contributed by atoms with van der Waals surface area (Å²) in [7, 11) is -6.06. The number of fused-ring (bicyclic) bond motifs is 5. The number of likely N-dealkylation sites (tertiary alicyclic amines) is 2. The number of pyridine rings is 5. The number of H-pyrrole nitrogens is 3. The van der Waals surface area contributed by atoms with Crippen molar-refractivity contribution in [2.45, 2.75) is 101 Å². The van der Waals surface area contributed by atoms with Crippen LogP contribution in [0.5, 0.6) is 40.2 Å². The molecule has 21 rings (SSSR count). The summed E-state index contributed by atoms with van der Waals surface area (Å²) < 4.78 is 88.0. The molecule has 8 aromatic carbocycles. The van der Waals surface area contributed by atoms with E-state index in [1.807, 2.05) is 124 Å². The number of hydrogen-bond donors (Lipinski definition) is 6. The minimum Gasteiger partial charge on any atom is -0.508 e. The second-order valence-electron chi connectivity index (χ2n) is 33.9. The highest BCUT2D eigenvalue weighted by Crippen LogP contribution is 2.41. The third-order valence-corrected chi connectivity index (χ3v) is 29.3. The lowest BCUT2D eigenvalue weighted by atomic mass is 10.0. The fourth-order valence-corrected chi connectivity index (χ4v) is 21.0. The summed E-state index contributed by atoms with van der Waals surface area (Å²) in [6.45, 7) is 13.3. The number of aromatic nitrogens is 10. The molecule has 1 unspecified atom stereocenters. The molecular formula is C107H102Br4N12O12S2. The maximum Gasteiger partial charge on any atom is 0.269 e. The number of piperidine rings is 2. The second-order valence-corrected chi connectivity index (χ2v) is 41.2. The number of methoxy groups -OCH3 is 1. The van der Waals surface area contributed by atoms with Gasteiger partial charge in [-0.3, -0.25) is 0 Å². The Morgan fingerprint density at radius 1 is 0.394 bits per heavy atom. The minimum atomic E-state index is -3.81. The first-order valence-corrected chi connectivity index (χ1v) is 51.5. The van der Waals surface area contributed by atoms with Gasteiger partial charge in [-0.2, -0.15) is 0 Å². The van der Waals surface area contributed by atoms with Crippen molar-refractivity contribution in [2.24, 2.45) is 0 Å². The molecule has 0 bridgehead atoms. The van der Waals surface area contributed by atoms with Crippen LogP contribution in [0.3, 0.4) is 0 Å². The second kappa shape index (κ2) is 44.3. The fourth-order valence-electron chi connectivity index (χ4n) is 17.0. The van der Waals surface area contributed by atoms with E-state index in [4.69, 9.17) is 23.7 Å². The Morgan fingerprint density at radius 3 is 1.18 bits per heavy atom. The number of ether oxygens (including phenoxy) is 5. The normalized spacial score (nSPS) is 14.2. The lowest BCUT2D eigenvalue weighted by Gasteiger charge is -2.26. The van der Waals surface area contributed by atoms with Crippen molar-refractivity contribution >= 4 is 139 Å². The molecular weight excluding hydrogens is 2030 g/mol. The van der Waals surface area contributed by atoms with Crippen LogP contribution in [0.2, 0.25) is 0 Å². The summed E-state index contributed by atoms with van der Waals surface area (Å²) in [5, 5.41) is 33.4. The standard InChI is InChI=1S/C28H31N3O3.C25H23BrN2O4S.C21H24BrN3O.C20H15BrN2O3S.C13H9BrN2O/c1-33-27-17-21(8-11-26(27)32)22-16-24-25(19-30-28(24)29-18-22)20-6-9-23(10-7-20)34-15-5-14-31-12-3-2-4-13-31;1-17-5-11-21(12-6-17)33(29,30)28-16-23(22-14-19(26)15-27-25(22)28)18-7-9-20(10-8-18)32-24-4-2-3-13-31-24;22-17-13-19-20(15-24-21(19)23-14-17)16-5-7-18(8-6-16)26-12-4-11-25-9-2-1-3-10-25;1-13-2-8-17(9-3-13)27(25,26)23-12-19(14-4-6-16(24)7-5-14)18-10-15(21)11-22-20(18)23;14-9-5-11-12(7-16-13(11)15-6-9)8-1-3-10(17)4-2-8/h6-11,16-19,32H,2-5,12-15H2,1H3,(H,29,30);5-12,14-16,24H,2-4,13H2,1H3;5-8,13-15H,1-4,9-12H2,(H,23,24);2-12,24H,1H3;1-7,17H,(H,15,16). The summed E-state index contributed by atoms with van der Waals surface area (Å²) in [6.07, 6.45) is 30.8. The average Bonchev–Trinajstić information content (AvgIpc) is 1.60. The highest BCUT2D eigenvalue weighted by Gasteiger charge is 2.27. The lowest BCUT2D eigenvalue weighted by Crippen LogP contribution is -2.31. The van der Waals surface area contributed by atoms with E-state index < -0.39 is 20.0 Å². The van der Waals surface area contributed by atoms with Crippen LogP contribution < -0.4 is 18.9 Å². The number of nitrogens with zero attached hydrogens (tertiary/aromatic N) is 9. The van der Waals surface area contributed by atoms with Crippen molar-refractivity contribution < 1.29 is 55.8 Å². The molecule has 24 nitrogen and oxygen atoms in total. The topological polar surface area (TPSA) is 303 Å². The Morgan fingerprint density at radius 2 is 0.766 bits per heavy atom. The molecule has 3 fully saturated rings. The first-order chi connectivity index (χ1) is 66.5. The number of rotatable bonds is 23. The van der Waals surface area contributed by atoms with E-state index in [0.29, 0.717) is 22.4 Å². The third kappa shape index (κ3) is 23.5. The van der Waals surface area contributed by atoms with Crippen molar-refractivity contribution in [2.75, 3.05) is 66.2 Å². The van der Waals surface area contributed by atoms with Crippen LogP contribution in [0.25, 0.3) is 122 Å². The van der Waals surface area contributed by atoms with E-state index in [-0.39, 0.29) is 33.3 Å². The summed E-state index contributed by atoms with van der Waals surface area (Å²) in [6, 6.07) is 66.8. The Hall–Kier alpha value is -12.5. The van der Waals surface area contributed by atoms with Crippen molar-refractivity contribution in [3.63, 3.8) is 0 Å². The van der Waals surface area contributed by atoms with Crippen molar-refractivity contribution in [3.05, 3.63) is 309 Å². The SMILES string of the molecule is Brc1cnc2[nH]cc(-c3ccc(OCCCN4CCCCC4)cc3)c2c1.COc1cc(-c2cnc3[nH]cc(-c4ccc(OCCCN5CCCCC5)cc4)c3c2)ccc1O.Cc1ccc(S(=O)(=O)n2cc(-c3ccc(O)cc3)c3cc(Br)cnc32)cc1.Cc1ccc(S(=O)(=O)n2cc(-c3ccc(OC4CCCCO4)cc3)c3cc(Br)cnc32)cc1.Oc1ccc(-c2c[nH]c3ncc(Br)cc23)cc1. The number of hydrogen-bond acceptors (Lipinski definition) is 19. The Balaban J connectivity index is 0.000000120. The molecule has 702 valence electrons. The lowest BCUT2D eigenvalue weighted by molar-refractivity contribution is -0.105. The molecule has 1 atom stereocenters. The molecule has 0 saturated carbocycles. The first kappa shape index (κ1) is 96.2. The van der Waals surface area contributed by atoms with Gasteiger partial charge in [-0.15, -0.1) is 0 Å². The smallest absolute Gasteiger partial charge is 0.269 e. The number of nitrogens with one attached hydrogen (secondary N) is 3. The first-order valence-electron chi connectivity index (χ1n) is 45.5. The molecule has 13 heterocycles. The maximum atomic E-state index is 13.4. The van der Waals surface area contributed by atoms with E-state index in [0.717, 1.165) is 217 Å². The number of halogens is 4. The highest BCUT2D eigenvalue weighted by molar-refractivity contribution is 9.11. The van der Waals surface area contributed by atoms with Gasteiger partial charge in [0.2, 0.25) is 0 Å². The molecule has 3 aliphatic heterocycles. The largest absolute Gasteiger partial charge is 0.508 e. The molecule has 18 aromatic rings. The molecule has 0 radical (unpaired) electrons. The number of aromatic amines is 3. The van der Waals surface area contributed by atoms with Gasteiger partial charge < -0.3 is 63.8 Å². The molecule has 0 spiro atoms. The molecule has 0 amide bonds. The zero-order valence-electron chi connectivity index (χ0n) is 75.6. The number of phenols is 3. The van der Waals surface area contributed by atoms with Crippen LogP contribution in [-0.4, -0.2) is 162 Å². The zero-order chi connectivity index (χ0) is 95.1. The molecule has 3 aliphatic rings. The van der Waals surface area contributed by atoms with Gasteiger partial charge in [-0.25, -0.2) is 49.7 Å². The van der Waals surface area contributed by atoms with Gasteiger partial charge in [-0.1, -0.05) is 115 Å². The van der Waals surface area contributed by atoms with Gasteiger partial charge in [0.25, 0.3) is 20.0 Å². The molecule has 10 aromatic heterocycles. The highest BCUT2D eigenvalue weighted by atomic mass is 79.9. The average molecular weight is 2130 g/mol. The van der Waals surface area contributed by atoms with Gasteiger partial charge in [0.05, 0.1) is 36.7 Å². The van der Waals surface area contributed by atoms with Gasteiger partial charge in [0, 0.05) is 160 Å². The number of aromatic hydroxyl groups is 3. The Bertz CT molecular complexity index is 7440. The monoisotopic (exact) mass is 2130 g/mol. The molecule has 0 aliphatic carbocycles. The predicted octanol–water partition coefficient (Wildman–Crippen LogP) is 25.4. The van der Waals surface area contributed by atoms with E-state index in [1.165, 1.54) is 72.6 Å². The summed E-state index contributed by atoms with van der Waals surface area (Å²) >= 11 is 13.8. The van der Waals surface area contributed by atoms with E-state index >= 15 is 0 Å². The van der Waals surface area contributed by atoms with Crippen LogP contribution in [0.15, 0.2) is 308 Å². The minimum absolute atomic E-state index is 0.122. The molecule has 137 heavy (non-hydrogen) atoms. The van der Waals surface area contributed by atoms with Gasteiger partial charge in [0.15, 0.2) is 29.1 Å². The van der Waals surface area contributed by atoms with Gasteiger partial charge in [0.1, 0.15) is 45.7 Å². The van der Waals surface area contributed by atoms with Gasteiger partial charge >= 0.3 is 0 Å². The Kier molecular flexibility index (Phi) is 31.1. The molecule has 3 saturated heterocycles. The number of benzene rings is 8. The molecule has 6 N–H and O–H groups in total. The number of phenolic OH excluding ortho intramolecular Hbond substituents is 3. The van der Waals surface area contributed by atoms with Gasteiger partial charge in [-0.05, 0) is 316 Å². The zero-order valence-corrected chi connectivity index (χ0v) is 83.6. The van der Waals surface area contributed by atoms with Crippen LogP contribution in [0.1, 0.15) is 81.8 Å². The summed E-state index contributed by atoms with van der Waals surface area (Å²) in [4.78, 5) is 37.2. The summed E-state index contributed by atoms with van der Waals surface area (Å²) in [5.41, 5.74) is 17.0. The van der Waals surface area contributed by atoms with Crippen molar-refractivity contribution in [1.29, 1.82) is 0 Å². The maximum absolute atomic E-state index is 13.4. The summed E-state index contributed by atoms with van der Waals surface area (Å²) in [5.74, 6) is 3.54. The van der Waals surface area contributed by atoms with Crippen molar-refractivity contribution in [1.82, 2.24) is 57.6 Å². The number of aryl methyl sites for hydroxylation is 2. The Labute approximate surface area is 828 Å². The van der Waals surface area contributed by atoms with Crippen molar-refractivity contribution in [3.8, 4) is 107 Å². The predicted molar refractivity (Wildman–Crippen MR) is 555 cm³/mol.